The Morgan fingerprint density at radius 3 is 2.56 bits per heavy atom. The zero-order chi connectivity index (χ0) is 19.4. The zero-order valence-corrected chi connectivity index (χ0v) is 15.1. The fraction of sp³-hybridized carbons (Fsp3) is 0.368. The lowest BCUT2D eigenvalue weighted by Crippen LogP contribution is -2.44. The fourth-order valence-corrected chi connectivity index (χ4v) is 3.31. The van der Waals surface area contributed by atoms with Crippen LogP contribution >= 0.6 is 0 Å². The predicted octanol–water partition coefficient (Wildman–Crippen LogP) is 0.717. The predicted molar refractivity (Wildman–Crippen MR) is 99.3 cm³/mol. The van der Waals surface area contributed by atoms with Crippen LogP contribution < -0.4 is 11.2 Å². The smallest absolute Gasteiger partial charge is 0.326 e. The number of amides is 2. The Balaban J connectivity index is 1.82. The van der Waals surface area contributed by atoms with Crippen molar-refractivity contribution in [3.05, 3.63) is 68.5 Å². The van der Waals surface area contributed by atoms with Crippen LogP contribution in [0.2, 0.25) is 0 Å². The summed E-state index contributed by atoms with van der Waals surface area (Å²) in [6.07, 6.45) is 0.886. The van der Waals surface area contributed by atoms with Crippen LogP contribution in [0.4, 0.5) is 0 Å². The third-order valence-electron chi connectivity index (χ3n) is 4.73. The minimum absolute atomic E-state index is 0.0135. The number of rotatable bonds is 4. The van der Waals surface area contributed by atoms with E-state index in [2.05, 4.69) is 4.98 Å². The molecule has 2 N–H and O–H groups in total. The Morgan fingerprint density at radius 1 is 1.15 bits per heavy atom. The lowest BCUT2D eigenvalue weighted by atomic mass is 10.1. The monoisotopic (exact) mass is 370 g/mol. The summed E-state index contributed by atoms with van der Waals surface area (Å²) in [5.74, 6) is -0.466. The highest BCUT2D eigenvalue weighted by molar-refractivity contribution is 5.92. The average molecular weight is 370 g/mol. The summed E-state index contributed by atoms with van der Waals surface area (Å²) in [5.41, 5.74) is -0.397. The Hall–Kier alpha value is -3.16. The van der Waals surface area contributed by atoms with E-state index in [1.165, 1.54) is 4.90 Å². The number of H-pyrrole nitrogens is 2. The number of benzene rings is 1. The molecule has 1 aliphatic rings. The number of carbonyl (C=O) groups excluding carboxylic acids is 2. The number of aromatic amines is 2. The van der Waals surface area contributed by atoms with Crippen molar-refractivity contribution < 1.29 is 9.59 Å². The first kappa shape index (κ1) is 18.6. The quantitative estimate of drug-likeness (QED) is 0.827. The van der Waals surface area contributed by atoms with Gasteiger partial charge in [0.05, 0.1) is 0 Å². The Kier molecular flexibility index (Phi) is 5.54. The molecule has 1 aromatic heterocycles. The van der Waals surface area contributed by atoms with E-state index in [0.29, 0.717) is 19.5 Å². The van der Waals surface area contributed by atoms with E-state index >= 15 is 0 Å². The van der Waals surface area contributed by atoms with Crippen molar-refractivity contribution in [3.8, 4) is 0 Å². The number of hydrogen-bond donors (Lipinski definition) is 2. The molecule has 2 aromatic rings. The summed E-state index contributed by atoms with van der Waals surface area (Å²) in [6, 6.07) is 10.6. The molecule has 1 atom stereocenters. The normalized spacial score (nSPS) is 17.7. The van der Waals surface area contributed by atoms with Crippen molar-refractivity contribution in [2.24, 2.45) is 0 Å². The summed E-state index contributed by atoms with van der Waals surface area (Å²) in [5, 5.41) is 0. The topological polar surface area (TPSA) is 106 Å². The Labute approximate surface area is 155 Å². The fourth-order valence-electron chi connectivity index (χ4n) is 3.31. The van der Waals surface area contributed by atoms with E-state index < -0.39 is 17.2 Å². The van der Waals surface area contributed by atoms with Gasteiger partial charge in [-0.15, -0.1) is 0 Å². The maximum Gasteiger partial charge on any atom is 0.326 e. The number of aromatic nitrogens is 2. The molecule has 142 valence electrons. The molecular weight excluding hydrogens is 348 g/mol. The molecule has 8 heteroatoms. The molecule has 2 heterocycles. The SMILES string of the molecule is CC[C@H]1CN(C(=O)c2cc(=O)[nH]c(=O)[nH]2)CCC(=O)N1Cc1ccccc1. The van der Waals surface area contributed by atoms with Gasteiger partial charge in [-0.05, 0) is 12.0 Å². The number of nitrogens with zero attached hydrogens (tertiary/aromatic N) is 2. The van der Waals surface area contributed by atoms with E-state index in [1.807, 2.05) is 47.1 Å². The molecule has 1 aromatic carbocycles. The van der Waals surface area contributed by atoms with Gasteiger partial charge < -0.3 is 14.8 Å². The van der Waals surface area contributed by atoms with Gasteiger partial charge in [0.25, 0.3) is 11.5 Å². The maximum atomic E-state index is 12.8. The molecule has 1 saturated heterocycles. The van der Waals surface area contributed by atoms with Crippen LogP contribution in [0.25, 0.3) is 0 Å². The van der Waals surface area contributed by atoms with Gasteiger partial charge in [-0.1, -0.05) is 37.3 Å². The van der Waals surface area contributed by atoms with Gasteiger partial charge in [-0.25, -0.2) is 4.79 Å². The van der Waals surface area contributed by atoms with Crippen LogP contribution in [0.5, 0.6) is 0 Å². The Morgan fingerprint density at radius 2 is 1.89 bits per heavy atom. The third-order valence-corrected chi connectivity index (χ3v) is 4.73. The first-order valence-corrected chi connectivity index (χ1v) is 8.94. The van der Waals surface area contributed by atoms with Crippen LogP contribution in [0.1, 0.15) is 35.8 Å². The van der Waals surface area contributed by atoms with E-state index in [-0.39, 0.29) is 30.6 Å². The second kappa shape index (κ2) is 8.03. The second-order valence-electron chi connectivity index (χ2n) is 6.57. The van der Waals surface area contributed by atoms with Gasteiger partial charge in [0.15, 0.2) is 0 Å². The molecule has 1 fully saturated rings. The zero-order valence-electron chi connectivity index (χ0n) is 15.1. The number of hydrogen-bond acceptors (Lipinski definition) is 4. The summed E-state index contributed by atoms with van der Waals surface area (Å²) < 4.78 is 0. The second-order valence-corrected chi connectivity index (χ2v) is 6.57. The molecule has 1 aliphatic heterocycles. The van der Waals surface area contributed by atoms with E-state index in [1.54, 1.807) is 0 Å². The highest BCUT2D eigenvalue weighted by Gasteiger charge is 2.31. The molecule has 0 bridgehead atoms. The lowest BCUT2D eigenvalue weighted by Gasteiger charge is -2.31. The van der Waals surface area contributed by atoms with Crippen molar-refractivity contribution in [3.63, 3.8) is 0 Å². The van der Waals surface area contributed by atoms with E-state index in [9.17, 15) is 19.2 Å². The average Bonchev–Trinajstić information content (AvgIpc) is 2.81. The first-order valence-electron chi connectivity index (χ1n) is 8.94. The molecule has 3 rings (SSSR count). The standard InChI is InChI=1S/C19H22N4O4/c1-2-14-12-22(18(26)15-10-16(24)21-19(27)20-15)9-8-17(25)23(14)11-13-6-4-3-5-7-13/h3-7,10,14H,2,8-9,11-12H2,1H3,(H2,20,21,24,27)/t14-/m0/s1. The minimum atomic E-state index is -0.727. The van der Waals surface area contributed by atoms with E-state index in [0.717, 1.165) is 11.6 Å². The van der Waals surface area contributed by atoms with Gasteiger partial charge in [0, 0.05) is 38.2 Å². The summed E-state index contributed by atoms with van der Waals surface area (Å²) in [7, 11) is 0. The third kappa shape index (κ3) is 4.33. The molecular formula is C19H22N4O4. The molecule has 0 radical (unpaired) electrons. The highest BCUT2D eigenvalue weighted by atomic mass is 16.2. The summed E-state index contributed by atoms with van der Waals surface area (Å²) in [4.78, 5) is 56.1. The summed E-state index contributed by atoms with van der Waals surface area (Å²) in [6.45, 7) is 3.05. The number of nitrogens with one attached hydrogen (secondary N) is 2. The Bertz CT molecular complexity index is 906. The summed E-state index contributed by atoms with van der Waals surface area (Å²) >= 11 is 0. The molecule has 0 spiro atoms. The van der Waals surface area contributed by atoms with Gasteiger partial charge in [-0.3, -0.25) is 19.4 Å². The molecule has 0 aliphatic carbocycles. The molecule has 0 saturated carbocycles. The lowest BCUT2D eigenvalue weighted by molar-refractivity contribution is -0.133. The van der Waals surface area contributed by atoms with Crippen molar-refractivity contribution in [2.75, 3.05) is 13.1 Å². The maximum absolute atomic E-state index is 12.8. The van der Waals surface area contributed by atoms with Gasteiger partial charge in [0.1, 0.15) is 5.69 Å². The minimum Gasteiger partial charge on any atom is -0.335 e. The molecule has 2 amide bonds. The van der Waals surface area contributed by atoms with Gasteiger partial charge in [-0.2, -0.15) is 0 Å². The largest absolute Gasteiger partial charge is 0.335 e. The van der Waals surface area contributed by atoms with E-state index in [4.69, 9.17) is 0 Å². The molecule has 0 unspecified atom stereocenters. The van der Waals surface area contributed by atoms with Gasteiger partial charge in [0.2, 0.25) is 5.91 Å². The highest BCUT2D eigenvalue weighted by Crippen LogP contribution is 2.18. The molecule has 8 nitrogen and oxygen atoms in total. The molecule has 27 heavy (non-hydrogen) atoms. The van der Waals surface area contributed by atoms with Crippen LogP contribution in [0.3, 0.4) is 0 Å². The van der Waals surface area contributed by atoms with Crippen molar-refractivity contribution in [2.45, 2.75) is 32.4 Å². The van der Waals surface area contributed by atoms with Crippen molar-refractivity contribution in [1.82, 2.24) is 19.8 Å². The van der Waals surface area contributed by atoms with Gasteiger partial charge >= 0.3 is 5.69 Å². The van der Waals surface area contributed by atoms with Crippen LogP contribution in [0, 0.1) is 0 Å². The van der Waals surface area contributed by atoms with Crippen molar-refractivity contribution >= 4 is 11.8 Å². The number of carbonyl (C=O) groups is 2. The first-order chi connectivity index (χ1) is 13.0. The van der Waals surface area contributed by atoms with Crippen LogP contribution in [-0.4, -0.2) is 50.7 Å². The van der Waals surface area contributed by atoms with Crippen LogP contribution in [-0.2, 0) is 11.3 Å². The van der Waals surface area contributed by atoms with Crippen molar-refractivity contribution in [1.29, 1.82) is 0 Å². The van der Waals surface area contributed by atoms with Crippen LogP contribution in [0.15, 0.2) is 46.0 Å².